The average molecular weight is 493 g/mol. The standard InChI is InChI=1S/C21H35Br2NO2/c1-19-12-15-24(16-13-19)14-10-8-6-4-3-5-7-9-11-17-26-20(25)21(2,23)18-22/h12-13,15H,3-11,14,16-18H2,1-2H3. The average Bonchev–Trinajstić information content (AvgIpc) is 2.63. The van der Waals surface area contributed by atoms with Crippen molar-refractivity contribution in [3.05, 3.63) is 23.9 Å². The van der Waals surface area contributed by atoms with Crippen LogP contribution in [0.25, 0.3) is 0 Å². The highest BCUT2D eigenvalue weighted by Gasteiger charge is 2.30. The molecule has 3 nitrogen and oxygen atoms in total. The number of nitrogens with zero attached hydrogens (tertiary/aromatic N) is 1. The van der Waals surface area contributed by atoms with Gasteiger partial charge in [-0.15, -0.1) is 0 Å². The molecule has 5 heteroatoms. The maximum absolute atomic E-state index is 11.8. The molecule has 1 aliphatic rings. The molecule has 0 aromatic carbocycles. The van der Waals surface area contributed by atoms with E-state index < -0.39 is 4.32 Å². The zero-order valence-electron chi connectivity index (χ0n) is 16.4. The first-order chi connectivity index (χ1) is 12.5. The fraction of sp³-hybridized carbons (Fsp3) is 0.762. The fourth-order valence-electron chi connectivity index (χ4n) is 2.80. The zero-order chi connectivity index (χ0) is 19.3. The predicted molar refractivity (Wildman–Crippen MR) is 118 cm³/mol. The Kier molecular flexibility index (Phi) is 12.6. The number of hydrogen-bond acceptors (Lipinski definition) is 3. The van der Waals surface area contributed by atoms with Crippen LogP contribution in [0.4, 0.5) is 0 Å². The lowest BCUT2D eigenvalue weighted by Crippen LogP contribution is -2.32. The maximum atomic E-state index is 11.8. The van der Waals surface area contributed by atoms with Gasteiger partial charge in [-0.05, 0) is 39.0 Å². The van der Waals surface area contributed by atoms with Gasteiger partial charge in [0.15, 0.2) is 0 Å². The van der Waals surface area contributed by atoms with Gasteiger partial charge in [0, 0.05) is 18.4 Å². The van der Waals surface area contributed by atoms with E-state index in [1.165, 1.54) is 57.1 Å². The van der Waals surface area contributed by atoms with Crippen LogP contribution in [-0.4, -0.2) is 40.2 Å². The molecule has 0 N–H and O–H groups in total. The molecule has 0 aromatic heterocycles. The largest absolute Gasteiger partial charge is 0.465 e. The summed E-state index contributed by atoms with van der Waals surface area (Å²) in [6.07, 6.45) is 18.0. The summed E-state index contributed by atoms with van der Waals surface area (Å²) in [4.78, 5) is 14.2. The first kappa shape index (κ1) is 23.7. The van der Waals surface area contributed by atoms with Crippen LogP contribution < -0.4 is 0 Å². The van der Waals surface area contributed by atoms with Gasteiger partial charge in [0.2, 0.25) is 0 Å². The SMILES string of the molecule is CC1=CCN(CCCCCCCCCCCOC(=O)C(C)(Br)CBr)C=C1. The first-order valence-corrected chi connectivity index (χ1v) is 11.9. The fourth-order valence-corrected chi connectivity index (χ4v) is 3.15. The molecule has 0 saturated carbocycles. The molecular weight excluding hydrogens is 458 g/mol. The molecule has 1 heterocycles. The lowest BCUT2D eigenvalue weighted by Gasteiger charge is -2.21. The van der Waals surface area contributed by atoms with E-state index in [0.717, 1.165) is 19.4 Å². The van der Waals surface area contributed by atoms with Crippen molar-refractivity contribution >= 4 is 37.8 Å². The third-order valence-corrected chi connectivity index (χ3v) is 7.17. The minimum Gasteiger partial charge on any atom is -0.465 e. The van der Waals surface area contributed by atoms with Crippen molar-refractivity contribution in [2.75, 3.05) is 25.0 Å². The minimum absolute atomic E-state index is 0.180. The summed E-state index contributed by atoms with van der Waals surface area (Å²) in [5, 5.41) is 0.560. The van der Waals surface area contributed by atoms with Gasteiger partial charge < -0.3 is 9.64 Å². The van der Waals surface area contributed by atoms with E-state index in [2.05, 4.69) is 62.0 Å². The smallest absolute Gasteiger partial charge is 0.323 e. The van der Waals surface area contributed by atoms with Crippen molar-refractivity contribution in [3.63, 3.8) is 0 Å². The number of ether oxygens (including phenoxy) is 1. The third kappa shape index (κ3) is 10.8. The van der Waals surface area contributed by atoms with Gasteiger partial charge in [-0.25, -0.2) is 0 Å². The van der Waals surface area contributed by atoms with Crippen molar-refractivity contribution in [1.29, 1.82) is 0 Å². The lowest BCUT2D eigenvalue weighted by atomic mass is 10.1. The van der Waals surface area contributed by atoms with E-state index in [9.17, 15) is 4.79 Å². The molecule has 1 aliphatic heterocycles. The van der Waals surface area contributed by atoms with E-state index >= 15 is 0 Å². The number of rotatable bonds is 14. The monoisotopic (exact) mass is 491 g/mol. The van der Waals surface area contributed by atoms with Crippen LogP contribution >= 0.6 is 31.9 Å². The summed E-state index contributed by atoms with van der Waals surface area (Å²) in [7, 11) is 0. The Morgan fingerprint density at radius 2 is 1.69 bits per heavy atom. The molecule has 1 unspecified atom stereocenters. The third-order valence-electron chi connectivity index (χ3n) is 4.70. The van der Waals surface area contributed by atoms with Gasteiger partial charge in [-0.3, -0.25) is 4.79 Å². The lowest BCUT2D eigenvalue weighted by molar-refractivity contribution is -0.145. The summed E-state index contributed by atoms with van der Waals surface area (Å²) in [6.45, 7) is 6.77. The number of carbonyl (C=O) groups excluding carboxylic acids is 1. The Labute approximate surface area is 176 Å². The van der Waals surface area contributed by atoms with Gasteiger partial charge in [-0.1, -0.05) is 88.5 Å². The van der Waals surface area contributed by atoms with Gasteiger partial charge in [0.25, 0.3) is 0 Å². The van der Waals surface area contributed by atoms with Crippen LogP contribution in [0.3, 0.4) is 0 Å². The number of alkyl halides is 2. The van der Waals surface area contributed by atoms with Crippen molar-refractivity contribution in [2.24, 2.45) is 0 Å². The molecule has 26 heavy (non-hydrogen) atoms. The molecule has 0 amide bonds. The Morgan fingerprint density at radius 3 is 2.23 bits per heavy atom. The number of halogens is 2. The molecule has 0 saturated heterocycles. The van der Waals surface area contributed by atoms with Crippen molar-refractivity contribution in [1.82, 2.24) is 4.90 Å². The summed E-state index contributed by atoms with van der Waals surface area (Å²) < 4.78 is 4.69. The second kappa shape index (κ2) is 13.8. The maximum Gasteiger partial charge on any atom is 0.323 e. The molecule has 150 valence electrons. The number of carbonyl (C=O) groups is 1. The predicted octanol–water partition coefficient (Wildman–Crippen LogP) is 6.36. The molecule has 0 spiro atoms. The second-order valence-corrected chi connectivity index (χ2v) is 9.72. The van der Waals surface area contributed by atoms with Crippen LogP contribution in [-0.2, 0) is 9.53 Å². The molecule has 1 atom stereocenters. The highest BCUT2D eigenvalue weighted by atomic mass is 79.9. The first-order valence-electron chi connectivity index (χ1n) is 9.97. The van der Waals surface area contributed by atoms with Gasteiger partial charge in [0.05, 0.1) is 6.61 Å². The molecule has 0 fully saturated rings. The van der Waals surface area contributed by atoms with Crippen LogP contribution in [0.2, 0.25) is 0 Å². The molecule has 0 aliphatic carbocycles. The Bertz CT molecular complexity index is 461. The van der Waals surface area contributed by atoms with Gasteiger partial charge >= 0.3 is 5.97 Å². The molecule has 0 radical (unpaired) electrons. The number of hydrogen-bond donors (Lipinski definition) is 0. The van der Waals surface area contributed by atoms with Crippen LogP contribution in [0.1, 0.15) is 71.6 Å². The van der Waals surface area contributed by atoms with E-state index in [1.54, 1.807) is 0 Å². The Hall–Kier alpha value is -0.290. The van der Waals surface area contributed by atoms with E-state index in [-0.39, 0.29) is 5.97 Å². The molecule has 0 bridgehead atoms. The number of allylic oxidation sites excluding steroid dienone is 2. The molecular formula is C21H35Br2NO2. The van der Waals surface area contributed by atoms with E-state index in [1.807, 2.05) is 6.92 Å². The van der Waals surface area contributed by atoms with Crippen LogP contribution in [0.5, 0.6) is 0 Å². The normalized spacial score (nSPS) is 16.3. The van der Waals surface area contributed by atoms with Crippen molar-refractivity contribution < 1.29 is 9.53 Å². The van der Waals surface area contributed by atoms with Crippen molar-refractivity contribution in [3.8, 4) is 0 Å². The summed E-state index contributed by atoms with van der Waals surface area (Å²) in [5.74, 6) is -0.180. The molecule has 0 aromatic rings. The van der Waals surface area contributed by atoms with E-state index in [4.69, 9.17) is 4.74 Å². The van der Waals surface area contributed by atoms with Gasteiger partial charge in [-0.2, -0.15) is 0 Å². The number of unbranched alkanes of at least 4 members (excludes halogenated alkanes) is 8. The highest BCUT2D eigenvalue weighted by molar-refractivity contribution is 9.12. The van der Waals surface area contributed by atoms with Crippen molar-refractivity contribution in [2.45, 2.75) is 76.0 Å². The van der Waals surface area contributed by atoms with Crippen LogP contribution in [0, 0.1) is 0 Å². The van der Waals surface area contributed by atoms with Gasteiger partial charge in [0.1, 0.15) is 4.32 Å². The summed E-state index contributed by atoms with van der Waals surface area (Å²) in [6, 6.07) is 0. The summed E-state index contributed by atoms with van der Waals surface area (Å²) in [5.41, 5.74) is 1.37. The quantitative estimate of drug-likeness (QED) is 0.160. The minimum atomic E-state index is -0.604. The topological polar surface area (TPSA) is 29.5 Å². The second-order valence-electron chi connectivity index (χ2n) is 7.41. The molecule has 1 rings (SSSR count). The zero-order valence-corrected chi connectivity index (χ0v) is 19.6. The Morgan fingerprint density at radius 1 is 1.12 bits per heavy atom. The highest BCUT2D eigenvalue weighted by Crippen LogP contribution is 2.22. The number of esters is 1. The van der Waals surface area contributed by atoms with E-state index in [0.29, 0.717) is 11.9 Å². The Balaban J connectivity index is 1.82. The van der Waals surface area contributed by atoms with Crippen LogP contribution in [0.15, 0.2) is 23.9 Å². The summed E-state index contributed by atoms with van der Waals surface area (Å²) >= 11 is 6.68.